The van der Waals surface area contributed by atoms with E-state index in [-0.39, 0.29) is 5.91 Å². The minimum absolute atomic E-state index is 0.0844. The number of hydrogen-bond acceptors (Lipinski definition) is 3. The van der Waals surface area contributed by atoms with E-state index in [1.807, 2.05) is 7.05 Å². The maximum atomic E-state index is 11.0. The van der Waals surface area contributed by atoms with E-state index < -0.39 is 0 Å². The molecule has 3 N–H and O–H groups in total. The number of amides is 1. The Morgan fingerprint density at radius 2 is 1.42 bits per heavy atom. The molecule has 0 aromatic rings. The zero-order chi connectivity index (χ0) is 15.1. The van der Waals surface area contributed by atoms with Gasteiger partial charge in [-0.3, -0.25) is 4.79 Å². The minimum Gasteiger partial charge on any atom is -0.352 e. The molecule has 1 amide bonds. The van der Waals surface area contributed by atoms with Crippen LogP contribution in [0.25, 0.3) is 0 Å². The van der Waals surface area contributed by atoms with Gasteiger partial charge in [0, 0.05) is 6.04 Å². The van der Waals surface area contributed by atoms with E-state index in [1.165, 1.54) is 19.4 Å². The van der Waals surface area contributed by atoms with Crippen molar-refractivity contribution < 1.29 is 4.79 Å². The molecule has 0 aromatic heterocycles. The first-order valence-corrected chi connectivity index (χ1v) is 7.67. The smallest absolute Gasteiger partial charge is 0.234 e. The van der Waals surface area contributed by atoms with E-state index >= 15 is 0 Å². The van der Waals surface area contributed by atoms with Gasteiger partial charge in [-0.25, -0.2) is 0 Å². The molecule has 0 aliphatic heterocycles. The van der Waals surface area contributed by atoms with Crippen molar-refractivity contribution in [2.45, 2.75) is 59.4 Å². The molecule has 0 aromatic carbocycles. The molecule has 0 heterocycles. The number of nitrogens with one attached hydrogen (secondary N) is 3. The van der Waals surface area contributed by atoms with E-state index in [0.29, 0.717) is 12.6 Å². The summed E-state index contributed by atoms with van der Waals surface area (Å²) in [6.45, 7) is 10.2. The van der Waals surface area contributed by atoms with Crippen LogP contribution in [0.1, 0.15) is 53.4 Å². The van der Waals surface area contributed by atoms with E-state index in [2.05, 4.69) is 43.6 Å². The van der Waals surface area contributed by atoms with Crippen molar-refractivity contribution in [3.8, 4) is 0 Å². The highest BCUT2D eigenvalue weighted by atomic mass is 16.1. The molecule has 19 heavy (non-hydrogen) atoms. The van der Waals surface area contributed by atoms with Gasteiger partial charge in [-0.05, 0) is 39.4 Å². The first-order chi connectivity index (χ1) is 9.09. The third-order valence-electron chi connectivity index (χ3n) is 3.34. The quantitative estimate of drug-likeness (QED) is 0.603. The molecule has 0 rings (SSSR count). The van der Waals surface area contributed by atoms with Crippen molar-refractivity contribution in [2.75, 3.05) is 27.2 Å². The predicted molar refractivity (Wildman–Crippen MR) is 84.4 cm³/mol. The predicted octanol–water partition coefficient (Wildman–Crippen LogP) is 2.15. The van der Waals surface area contributed by atoms with Crippen molar-refractivity contribution in [3.05, 3.63) is 0 Å². The van der Waals surface area contributed by atoms with Gasteiger partial charge in [-0.1, -0.05) is 40.5 Å². The first kappa shape index (κ1) is 20.7. The summed E-state index contributed by atoms with van der Waals surface area (Å²) in [7, 11) is 3.78. The molecule has 0 aliphatic carbocycles. The van der Waals surface area contributed by atoms with Crippen molar-refractivity contribution in [3.63, 3.8) is 0 Å². The maximum Gasteiger partial charge on any atom is 0.234 e. The van der Waals surface area contributed by atoms with Gasteiger partial charge in [0.2, 0.25) is 5.91 Å². The molecule has 4 heteroatoms. The Balaban J connectivity index is 0. The molecule has 0 unspecified atom stereocenters. The van der Waals surface area contributed by atoms with Gasteiger partial charge < -0.3 is 16.0 Å². The summed E-state index contributed by atoms with van der Waals surface area (Å²) in [6, 6.07) is 0.343. The third kappa shape index (κ3) is 13.6. The number of rotatable bonds is 9. The lowest BCUT2D eigenvalue weighted by atomic mass is 10.0. The number of likely N-dealkylation sites (N-methyl/N-ethyl adjacent to an activating group) is 1. The molecule has 0 spiro atoms. The Labute approximate surface area is 120 Å². The Hall–Kier alpha value is -0.610. The molecular formula is C15H35N3O. The second-order valence-electron chi connectivity index (χ2n) is 4.85. The van der Waals surface area contributed by atoms with E-state index in [9.17, 15) is 4.79 Å². The van der Waals surface area contributed by atoms with Crippen LogP contribution in [0.3, 0.4) is 0 Å². The molecule has 4 nitrogen and oxygen atoms in total. The summed E-state index contributed by atoms with van der Waals surface area (Å²) in [5.74, 6) is 0.973. The van der Waals surface area contributed by atoms with Gasteiger partial charge >= 0.3 is 0 Å². The average Bonchev–Trinajstić information content (AvgIpc) is 2.43. The fourth-order valence-electron chi connectivity index (χ4n) is 1.80. The molecule has 0 aliphatic rings. The molecule has 116 valence electrons. The van der Waals surface area contributed by atoms with Gasteiger partial charge in [0.25, 0.3) is 0 Å². The monoisotopic (exact) mass is 273 g/mol. The van der Waals surface area contributed by atoms with Crippen molar-refractivity contribution in [1.82, 2.24) is 16.0 Å². The average molecular weight is 273 g/mol. The Kier molecular flexibility index (Phi) is 16.8. The SMILES string of the molecule is CCC(CC)CNC.CCC(CC)NC(=O)CNC. The van der Waals surface area contributed by atoms with E-state index in [1.54, 1.807) is 7.05 Å². The fourth-order valence-corrected chi connectivity index (χ4v) is 1.80. The normalized spacial score (nSPS) is 10.3. The van der Waals surface area contributed by atoms with Crippen LogP contribution in [0, 0.1) is 5.92 Å². The van der Waals surface area contributed by atoms with Crippen LogP contribution in [-0.4, -0.2) is 39.1 Å². The van der Waals surface area contributed by atoms with Crippen LogP contribution in [-0.2, 0) is 4.79 Å². The second-order valence-corrected chi connectivity index (χ2v) is 4.85. The van der Waals surface area contributed by atoms with Crippen LogP contribution in [0.15, 0.2) is 0 Å². The van der Waals surface area contributed by atoms with Gasteiger partial charge in [0.1, 0.15) is 0 Å². The van der Waals surface area contributed by atoms with Crippen LogP contribution in [0.5, 0.6) is 0 Å². The van der Waals surface area contributed by atoms with Gasteiger partial charge in [-0.15, -0.1) is 0 Å². The summed E-state index contributed by atoms with van der Waals surface area (Å²) >= 11 is 0. The zero-order valence-corrected chi connectivity index (χ0v) is 13.8. The lowest BCUT2D eigenvalue weighted by Gasteiger charge is -2.13. The maximum absolute atomic E-state index is 11.0. The Morgan fingerprint density at radius 3 is 1.68 bits per heavy atom. The molecule has 0 saturated heterocycles. The lowest BCUT2D eigenvalue weighted by Crippen LogP contribution is -2.38. The number of carbonyl (C=O) groups is 1. The zero-order valence-electron chi connectivity index (χ0n) is 13.8. The molecule has 0 bridgehead atoms. The van der Waals surface area contributed by atoms with Crippen molar-refractivity contribution in [1.29, 1.82) is 0 Å². The highest BCUT2D eigenvalue weighted by Crippen LogP contribution is 2.03. The lowest BCUT2D eigenvalue weighted by molar-refractivity contribution is -0.120. The number of carbonyl (C=O) groups excluding carboxylic acids is 1. The van der Waals surface area contributed by atoms with Crippen LogP contribution in [0.2, 0.25) is 0 Å². The third-order valence-corrected chi connectivity index (χ3v) is 3.34. The van der Waals surface area contributed by atoms with Gasteiger partial charge in [-0.2, -0.15) is 0 Å². The largest absolute Gasteiger partial charge is 0.352 e. The Morgan fingerprint density at radius 1 is 0.895 bits per heavy atom. The highest BCUT2D eigenvalue weighted by molar-refractivity contribution is 5.78. The summed E-state index contributed by atoms with van der Waals surface area (Å²) in [5, 5.41) is 8.89. The standard InChI is InChI=1S/C8H18N2O.C7H17N/c1-4-7(5-2)10-8(11)6-9-3;1-4-7(5-2)6-8-3/h7,9H,4-6H2,1-3H3,(H,10,11);7-8H,4-6H2,1-3H3. The summed E-state index contributed by atoms with van der Waals surface area (Å²) < 4.78 is 0. The topological polar surface area (TPSA) is 53.2 Å². The fraction of sp³-hybridized carbons (Fsp3) is 0.933. The first-order valence-electron chi connectivity index (χ1n) is 7.67. The van der Waals surface area contributed by atoms with Crippen LogP contribution >= 0.6 is 0 Å². The summed E-state index contributed by atoms with van der Waals surface area (Å²) in [5.41, 5.74) is 0. The molecule has 0 atom stereocenters. The van der Waals surface area contributed by atoms with Gasteiger partial charge in [0.15, 0.2) is 0 Å². The highest BCUT2D eigenvalue weighted by Gasteiger charge is 2.05. The molecular weight excluding hydrogens is 238 g/mol. The molecule has 0 saturated carbocycles. The van der Waals surface area contributed by atoms with E-state index in [4.69, 9.17) is 0 Å². The molecule has 0 fully saturated rings. The number of hydrogen-bond donors (Lipinski definition) is 3. The van der Waals surface area contributed by atoms with Crippen molar-refractivity contribution >= 4 is 5.91 Å². The van der Waals surface area contributed by atoms with Crippen LogP contribution in [0.4, 0.5) is 0 Å². The summed E-state index contributed by atoms with van der Waals surface area (Å²) in [4.78, 5) is 11.0. The van der Waals surface area contributed by atoms with E-state index in [0.717, 1.165) is 18.8 Å². The molecule has 0 radical (unpaired) electrons. The second kappa shape index (κ2) is 15.4. The Bertz CT molecular complexity index is 190. The minimum atomic E-state index is 0.0844. The van der Waals surface area contributed by atoms with Gasteiger partial charge in [0.05, 0.1) is 6.54 Å². The summed E-state index contributed by atoms with van der Waals surface area (Å²) in [6.07, 6.45) is 4.62. The van der Waals surface area contributed by atoms with Crippen molar-refractivity contribution in [2.24, 2.45) is 5.92 Å². The van der Waals surface area contributed by atoms with Crippen LogP contribution < -0.4 is 16.0 Å².